The summed E-state index contributed by atoms with van der Waals surface area (Å²) in [5.41, 5.74) is 1.63. The molecule has 26 heavy (non-hydrogen) atoms. The number of carbonyl (C=O) groups is 1. The number of hydrogen-bond donors (Lipinski definition) is 3. The molecule has 0 saturated heterocycles. The molecule has 0 amide bonds. The van der Waals surface area contributed by atoms with E-state index in [9.17, 15) is 13.6 Å². The summed E-state index contributed by atoms with van der Waals surface area (Å²) in [4.78, 5) is 19.2. The van der Waals surface area contributed by atoms with Crippen LogP contribution in [0.2, 0.25) is 0 Å². The number of rotatable bonds is 6. The summed E-state index contributed by atoms with van der Waals surface area (Å²) < 4.78 is 26.5. The van der Waals surface area contributed by atoms with E-state index in [1.54, 1.807) is 6.07 Å². The summed E-state index contributed by atoms with van der Waals surface area (Å²) in [6, 6.07) is 14.2. The van der Waals surface area contributed by atoms with Crippen molar-refractivity contribution >= 4 is 23.4 Å². The van der Waals surface area contributed by atoms with E-state index in [4.69, 9.17) is 5.11 Å². The Balaban J connectivity index is 1.95. The zero-order valence-corrected chi connectivity index (χ0v) is 13.4. The first-order chi connectivity index (χ1) is 12.5. The number of nitrogens with zero attached hydrogens (tertiary/aromatic N) is 2. The molecule has 0 spiro atoms. The lowest BCUT2D eigenvalue weighted by molar-refractivity contribution is -0.134. The second-order valence-corrected chi connectivity index (χ2v) is 5.33. The van der Waals surface area contributed by atoms with Gasteiger partial charge in [0.05, 0.1) is 5.69 Å². The molecular formula is C18H14F2N4O2. The molecule has 3 N–H and O–H groups in total. The molecule has 1 aromatic heterocycles. The zero-order chi connectivity index (χ0) is 18.5. The van der Waals surface area contributed by atoms with Crippen molar-refractivity contribution in [3.8, 4) is 11.3 Å². The Bertz CT molecular complexity index is 936. The molecule has 2 aromatic carbocycles. The highest BCUT2D eigenvalue weighted by molar-refractivity contribution is 5.73. The maximum atomic E-state index is 13.4. The largest absolute Gasteiger partial charge is 0.480 e. The molecule has 0 atom stereocenters. The first kappa shape index (κ1) is 17.3. The number of carboxylic acids is 1. The second kappa shape index (κ2) is 7.56. The molecule has 0 bridgehead atoms. The molecule has 3 rings (SSSR count). The minimum atomic E-state index is -1.06. The molecule has 6 nitrogen and oxygen atoms in total. The number of anilines is 3. The smallest absolute Gasteiger partial charge is 0.322 e. The van der Waals surface area contributed by atoms with Gasteiger partial charge in [0.1, 0.15) is 12.4 Å². The fourth-order valence-electron chi connectivity index (χ4n) is 2.22. The van der Waals surface area contributed by atoms with Crippen LogP contribution >= 0.6 is 0 Å². The van der Waals surface area contributed by atoms with Crippen molar-refractivity contribution in [3.05, 3.63) is 66.2 Å². The van der Waals surface area contributed by atoms with E-state index in [0.29, 0.717) is 17.2 Å². The van der Waals surface area contributed by atoms with Crippen LogP contribution in [0.5, 0.6) is 0 Å². The van der Waals surface area contributed by atoms with Crippen molar-refractivity contribution in [1.29, 1.82) is 0 Å². The molecule has 3 aromatic rings. The molecule has 0 fully saturated rings. The van der Waals surface area contributed by atoms with Gasteiger partial charge in [0.25, 0.3) is 0 Å². The lowest BCUT2D eigenvalue weighted by atomic mass is 10.1. The second-order valence-electron chi connectivity index (χ2n) is 5.33. The number of hydrogen-bond acceptors (Lipinski definition) is 5. The van der Waals surface area contributed by atoms with Crippen LogP contribution in [-0.2, 0) is 4.79 Å². The van der Waals surface area contributed by atoms with Gasteiger partial charge in [-0.05, 0) is 12.1 Å². The minimum absolute atomic E-state index is 0.0961. The van der Waals surface area contributed by atoms with E-state index in [1.165, 1.54) is 6.07 Å². The Morgan fingerprint density at radius 1 is 1.00 bits per heavy atom. The van der Waals surface area contributed by atoms with Crippen molar-refractivity contribution in [1.82, 2.24) is 9.97 Å². The molecule has 132 valence electrons. The Labute approximate surface area is 147 Å². The first-order valence-corrected chi connectivity index (χ1v) is 7.63. The standard InChI is InChI=1S/C18H14F2N4O2/c19-13-7-6-12(8-14(13)20)22-16-9-15(11-4-2-1-3-5-11)23-18(24-16)21-10-17(25)26/h1-9H,10H2,(H,25,26)(H2,21,22,23,24). The van der Waals surface area contributed by atoms with Crippen LogP contribution in [0.1, 0.15) is 0 Å². The molecule has 1 heterocycles. The summed E-state index contributed by atoms with van der Waals surface area (Å²) in [7, 11) is 0. The van der Waals surface area contributed by atoms with E-state index in [-0.39, 0.29) is 12.5 Å². The summed E-state index contributed by atoms with van der Waals surface area (Å²) in [5, 5.41) is 14.3. The Hall–Kier alpha value is -3.55. The minimum Gasteiger partial charge on any atom is -0.480 e. The van der Waals surface area contributed by atoms with Crippen molar-refractivity contribution in [2.75, 3.05) is 17.2 Å². The monoisotopic (exact) mass is 356 g/mol. The highest BCUT2D eigenvalue weighted by atomic mass is 19.2. The van der Waals surface area contributed by atoms with Crippen molar-refractivity contribution in [3.63, 3.8) is 0 Å². The Morgan fingerprint density at radius 2 is 1.77 bits per heavy atom. The molecule has 8 heteroatoms. The highest BCUT2D eigenvalue weighted by Gasteiger charge is 2.09. The summed E-state index contributed by atoms with van der Waals surface area (Å²) in [6.07, 6.45) is 0. The van der Waals surface area contributed by atoms with Gasteiger partial charge in [-0.15, -0.1) is 0 Å². The van der Waals surface area contributed by atoms with Crippen molar-refractivity contribution in [2.24, 2.45) is 0 Å². The maximum Gasteiger partial charge on any atom is 0.322 e. The van der Waals surface area contributed by atoms with Gasteiger partial charge in [-0.3, -0.25) is 4.79 Å². The van der Waals surface area contributed by atoms with E-state index < -0.39 is 17.6 Å². The zero-order valence-electron chi connectivity index (χ0n) is 13.4. The fraction of sp³-hybridized carbons (Fsp3) is 0.0556. The molecule has 0 radical (unpaired) electrons. The van der Waals surface area contributed by atoms with E-state index >= 15 is 0 Å². The number of benzene rings is 2. The average molecular weight is 356 g/mol. The summed E-state index contributed by atoms with van der Waals surface area (Å²) in [6.45, 7) is -0.358. The third-order valence-corrected chi connectivity index (χ3v) is 3.39. The Morgan fingerprint density at radius 3 is 2.46 bits per heavy atom. The predicted octanol–water partition coefficient (Wildman–Crippen LogP) is 3.66. The average Bonchev–Trinajstić information content (AvgIpc) is 2.64. The summed E-state index contributed by atoms with van der Waals surface area (Å²) in [5.74, 6) is -2.60. The van der Waals surface area contributed by atoms with Gasteiger partial charge in [0.15, 0.2) is 11.6 Å². The van der Waals surface area contributed by atoms with Crippen LogP contribution < -0.4 is 10.6 Å². The van der Waals surface area contributed by atoms with Gasteiger partial charge in [-0.25, -0.2) is 13.8 Å². The van der Waals surface area contributed by atoms with Crippen LogP contribution in [0.4, 0.5) is 26.2 Å². The topological polar surface area (TPSA) is 87.1 Å². The molecule has 0 saturated carbocycles. The van der Waals surface area contributed by atoms with Crippen LogP contribution in [0, 0.1) is 11.6 Å². The maximum absolute atomic E-state index is 13.4. The van der Waals surface area contributed by atoms with Gasteiger partial charge >= 0.3 is 5.97 Å². The number of halogens is 2. The molecule has 0 unspecified atom stereocenters. The first-order valence-electron chi connectivity index (χ1n) is 7.63. The third kappa shape index (κ3) is 4.29. The van der Waals surface area contributed by atoms with E-state index in [1.807, 2.05) is 30.3 Å². The molecule has 0 aliphatic heterocycles. The number of aliphatic carboxylic acids is 1. The van der Waals surface area contributed by atoms with Gasteiger partial charge in [-0.2, -0.15) is 4.98 Å². The number of carboxylic acid groups (broad SMARTS) is 1. The molecular weight excluding hydrogens is 342 g/mol. The fourth-order valence-corrected chi connectivity index (χ4v) is 2.22. The van der Waals surface area contributed by atoms with Crippen molar-refractivity contribution < 1.29 is 18.7 Å². The highest BCUT2D eigenvalue weighted by Crippen LogP contribution is 2.24. The number of aromatic nitrogens is 2. The molecule has 0 aliphatic carbocycles. The van der Waals surface area contributed by atoms with Gasteiger partial charge < -0.3 is 15.7 Å². The summed E-state index contributed by atoms with van der Waals surface area (Å²) >= 11 is 0. The molecule has 0 aliphatic rings. The number of nitrogens with one attached hydrogen (secondary N) is 2. The van der Waals surface area contributed by atoms with Crippen molar-refractivity contribution in [2.45, 2.75) is 0 Å². The van der Waals surface area contributed by atoms with Gasteiger partial charge in [-0.1, -0.05) is 30.3 Å². The van der Waals surface area contributed by atoms with Gasteiger partial charge in [0, 0.05) is 23.4 Å². The SMILES string of the molecule is O=C(O)CNc1nc(Nc2ccc(F)c(F)c2)cc(-c2ccccc2)n1. The van der Waals surface area contributed by atoms with Crippen LogP contribution in [0.3, 0.4) is 0 Å². The van der Waals surface area contributed by atoms with E-state index in [0.717, 1.165) is 17.7 Å². The third-order valence-electron chi connectivity index (χ3n) is 3.39. The van der Waals surface area contributed by atoms with Gasteiger partial charge in [0.2, 0.25) is 5.95 Å². The lowest BCUT2D eigenvalue weighted by Gasteiger charge is -2.11. The van der Waals surface area contributed by atoms with Crippen LogP contribution in [0.25, 0.3) is 11.3 Å². The van der Waals surface area contributed by atoms with Crippen LogP contribution in [-0.4, -0.2) is 27.6 Å². The quantitative estimate of drug-likeness (QED) is 0.625. The van der Waals surface area contributed by atoms with E-state index in [2.05, 4.69) is 20.6 Å². The predicted molar refractivity (Wildman–Crippen MR) is 93.2 cm³/mol. The normalized spacial score (nSPS) is 10.4. The Kier molecular flexibility index (Phi) is 5.02. The lowest BCUT2D eigenvalue weighted by Crippen LogP contribution is -2.15. The van der Waals surface area contributed by atoms with Crippen LogP contribution in [0.15, 0.2) is 54.6 Å².